The van der Waals surface area contributed by atoms with E-state index in [0.29, 0.717) is 31.1 Å². The van der Waals surface area contributed by atoms with Crippen LogP contribution in [0.5, 0.6) is 5.75 Å². The van der Waals surface area contributed by atoms with Gasteiger partial charge in [-0.3, -0.25) is 4.79 Å². The van der Waals surface area contributed by atoms with Crippen molar-refractivity contribution >= 4 is 5.91 Å². The zero-order valence-electron chi connectivity index (χ0n) is 12.8. The van der Waals surface area contributed by atoms with Gasteiger partial charge in [0.15, 0.2) is 0 Å². The summed E-state index contributed by atoms with van der Waals surface area (Å²) < 4.78 is 5.58. The van der Waals surface area contributed by atoms with Gasteiger partial charge >= 0.3 is 0 Å². The van der Waals surface area contributed by atoms with Gasteiger partial charge in [-0.15, -0.1) is 0 Å². The van der Waals surface area contributed by atoms with Gasteiger partial charge in [-0.2, -0.15) is 0 Å². The van der Waals surface area contributed by atoms with Crippen molar-refractivity contribution in [2.45, 2.75) is 33.3 Å². The number of carbonyl (C=O) groups excluding carboxylic acids is 1. The van der Waals surface area contributed by atoms with Crippen LogP contribution in [0.3, 0.4) is 0 Å². The van der Waals surface area contributed by atoms with Crippen LogP contribution >= 0.6 is 0 Å². The van der Waals surface area contributed by atoms with Gasteiger partial charge in [-0.25, -0.2) is 0 Å². The Labute approximate surface area is 121 Å². The average molecular weight is 279 g/mol. The van der Waals surface area contributed by atoms with Crippen LogP contribution in [0.25, 0.3) is 0 Å². The Hall–Kier alpha value is -1.55. The lowest BCUT2D eigenvalue weighted by Crippen LogP contribution is -2.29. The van der Waals surface area contributed by atoms with E-state index in [2.05, 4.69) is 13.8 Å². The molecule has 1 aromatic carbocycles. The Morgan fingerprint density at radius 2 is 1.85 bits per heavy atom. The third-order valence-electron chi connectivity index (χ3n) is 2.91. The topological polar surface area (TPSA) is 49.8 Å². The van der Waals surface area contributed by atoms with Crippen LogP contribution in [0.2, 0.25) is 0 Å². The molecule has 0 radical (unpaired) electrons. The maximum atomic E-state index is 12.1. The summed E-state index contributed by atoms with van der Waals surface area (Å²) >= 11 is 0. The molecular weight excluding hydrogens is 254 g/mol. The number of nitrogens with zero attached hydrogens (tertiary/aromatic N) is 1. The van der Waals surface area contributed by atoms with Gasteiger partial charge in [0.1, 0.15) is 5.75 Å². The summed E-state index contributed by atoms with van der Waals surface area (Å²) in [5, 5.41) is 9.24. The molecule has 112 valence electrons. The summed E-state index contributed by atoms with van der Waals surface area (Å²) in [5.74, 6) is 1.21. The van der Waals surface area contributed by atoms with Crippen molar-refractivity contribution in [1.82, 2.24) is 4.90 Å². The molecule has 0 spiro atoms. The third-order valence-corrected chi connectivity index (χ3v) is 2.91. The number of aliphatic hydroxyl groups excluding tert-OH is 1. The van der Waals surface area contributed by atoms with E-state index in [-0.39, 0.29) is 5.91 Å². The number of rotatable bonds is 7. The first-order valence-corrected chi connectivity index (χ1v) is 7.06. The van der Waals surface area contributed by atoms with Crippen LogP contribution in [-0.2, 0) is 0 Å². The van der Waals surface area contributed by atoms with Crippen molar-refractivity contribution < 1.29 is 14.6 Å². The van der Waals surface area contributed by atoms with Crippen LogP contribution in [0.15, 0.2) is 24.3 Å². The second-order valence-electron chi connectivity index (χ2n) is 5.59. The SMILES string of the molecule is CC(C)COc1ccc(C(=O)N(C)CCC(C)O)cc1. The summed E-state index contributed by atoms with van der Waals surface area (Å²) in [6.07, 6.45) is 0.190. The number of aliphatic hydroxyl groups is 1. The summed E-state index contributed by atoms with van der Waals surface area (Å²) in [4.78, 5) is 13.8. The van der Waals surface area contributed by atoms with Crippen molar-refractivity contribution in [3.63, 3.8) is 0 Å². The normalized spacial score (nSPS) is 12.3. The van der Waals surface area contributed by atoms with Crippen LogP contribution in [0.1, 0.15) is 37.6 Å². The van der Waals surface area contributed by atoms with Gasteiger partial charge < -0.3 is 14.7 Å². The molecule has 0 aliphatic rings. The molecule has 0 fully saturated rings. The molecule has 0 saturated carbocycles. The number of ether oxygens (including phenoxy) is 1. The summed E-state index contributed by atoms with van der Waals surface area (Å²) in [5.41, 5.74) is 0.634. The minimum absolute atomic E-state index is 0.0407. The molecule has 4 heteroatoms. The van der Waals surface area contributed by atoms with Crippen molar-refractivity contribution in [3.8, 4) is 5.75 Å². The second-order valence-corrected chi connectivity index (χ2v) is 5.59. The van der Waals surface area contributed by atoms with Gasteiger partial charge in [0, 0.05) is 19.2 Å². The molecule has 1 atom stereocenters. The Balaban J connectivity index is 2.56. The van der Waals surface area contributed by atoms with E-state index in [0.717, 1.165) is 5.75 Å². The van der Waals surface area contributed by atoms with Crippen LogP contribution in [0.4, 0.5) is 0 Å². The van der Waals surface area contributed by atoms with Crippen LogP contribution in [-0.4, -0.2) is 42.2 Å². The Morgan fingerprint density at radius 1 is 1.25 bits per heavy atom. The number of carbonyl (C=O) groups is 1. The molecule has 4 nitrogen and oxygen atoms in total. The second kappa shape index (κ2) is 7.90. The van der Waals surface area contributed by atoms with Gasteiger partial charge in [-0.1, -0.05) is 13.8 Å². The maximum Gasteiger partial charge on any atom is 0.253 e. The highest BCUT2D eigenvalue weighted by Gasteiger charge is 2.12. The molecule has 0 saturated heterocycles. The average Bonchev–Trinajstić information content (AvgIpc) is 2.42. The first-order valence-electron chi connectivity index (χ1n) is 7.06. The first kappa shape index (κ1) is 16.5. The Bertz CT molecular complexity index is 412. The minimum Gasteiger partial charge on any atom is -0.493 e. The molecular formula is C16H25NO3. The minimum atomic E-state index is -0.392. The zero-order valence-corrected chi connectivity index (χ0v) is 12.8. The lowest BCUT2D eigenvalue weighted by atomic mass is 10.2. The van der Waals surface area contributed by atoms with Gasteiger partial charge in [0.2, 0.25) is 0 Å². The fourth-order valence-corrected chi connectivity index (χ4v) is 1.66. The van der Waals surface area contributed by atoms with Gasteiger partial charge in [-0.05, 0) is 43.5 Å². The molecule has 0 bridgehead atoms. The number of amides is 1. The lowest BCUT2D eigenvalue weighted by Gasteiger charge is -2.18. The van der Waals surface area contributed by atoms with Crippen molar-refractivity contribution in [1.29, 1.82) is 0 Å². The number of benzene rings is 1. The van der Waals surface area contributed by atoms with Crippen molar-refractivity contribution in [2.75, 3.05) is 20.2 Å². The highest BCUT2D eigenvalue weighted by atomic mass is 16.5. The highest BCUT2D eigenvalue weighted by Crippen LogP contribution is 2.14. The van der Waals surface area contributed by atoms with Crippen molar-refractivity contribution in [2.24, 2.45) is 5.92 Å². The van der Waals surface area contributed by atoms with Crippen LogP contribution in [0, 0.1) is 5.92 Å². The fourth-order valence-electron chi connectivity index (χ4n) is 1.66. The highest BCUT2D eigenvalue weighted by molar-refractivity contribution is 5.94. The predicted molar refractivity (Wildman–Crippen MR) is 80.0 cm³/mol. The molecule has 0 aliphatic heterocycles. The van der Waals surface area contributed by atoms with E-state index in [9.17, 15) is 9.90 Å². The van der Waals surface area contributed by atoms with Gasteiger partial charge in [0.25, 0.3) is 5.91 Å². The van der Waals surface area contributed by atoms with E-state index in [1.807, 2.05) is 12.1 Å². The lowest BCUT2D eigenvalue weighted by molar-refractivity contribution is 0.0769. The summed E-state index contributed by atoms with van der Waals surface area (Å²) in [6, 6.07) is 7.18. The van der Waals surface area contributed by atoms with Crippen LogP contribution < -0.4 is 4.74 Å². The first-order chi connectivity index (χ1) is 9.40. The predicted octanol–water partition coefficient (Wildman–Crippen LogP) is 2.56. The van der Waals surface area contributed by atoms with E-state index >= 15 is 0 Å². The monoisotopic (exact) mass is 279 g/mol. The molecule has 1 rings (SSSR count). The summed E-state index contributed by atoms with van der Waals surface area (Å²) in [7, 11) is 1.74. The van der Waals surface area contributed by atoms with E-state index in [4.69, 9.17) is 4.74 Å². The molecule has 0 heterocycles. The molecule has 1 unspecified atom stereocenters. The quantitative estimate of drug-likeness (QED) is 0.834. The number of hydrogen-bond donors (Lipinski definition) is 1. The molecule has 0 aliphatic carbocycles. The Kier molecular flexibility index (Phi) is 6.52. The van der Waals surface area contributed by atoms with E-state index in [1.54, 1.807) is 31.0 Å². The van der Waals surface area contributed by atoms with Gasteiger partial charge in [0.05, 0.1) is 12.7 Å². The maximum absolute atomic E-state index is 12.1. The van der Waals surface area contributed by atoms with E-state index in [1.165, 1.54) is 0 Å². The molecule has 0 aromatic heterocycles. The fraction of sp³-hybridized carbons (Fsp3) is 0.562. The molecule has 1 amide bonds. The smallest absolute Gasteiger partial charge is 0.253 e. The molecule has 1 N–H and O–H groups in total. The molecule has 1 aromatic rings. The molecule has 20 heavy (non-hydrogen) atoms. The van der Waals surface area contributed by atoms with Crippen molar-refractivity contribution in [3.05, 3.63) is 29.8 Å². The zero-order chi connectivity index (χ0) is 15.1. The standard InChI is InChI=1S/C16H25NO3/c1-12(2)11-20-15-7-5-14(6-8-15)16(19)17(4)10-9-13(3)18/h5-8,12-13,18H,9-11H2,1-4H3. The Morgan fingerprint density at radius 3 is 2.35 bits per heavy atom. The number of hydrogen-bond acceptors (Lipinski definition) is 3. The summed E-state index contributed by atoms with van der Waals surface area (Å²) in [6.45, 7) is 7.12. The third kappa shape index (κ3) is 5.61. The van der Waals surface area contributed by atoms with E-state index < -0.39 is 6.10 Å². The largest absolute Gasteiger partial charge is 0.493 e.